The smallest absolute Gasteiger partial charge is 0.254 e. The lowest BCUT2D eigenvalue weighted by Crippen LogP contribution is -2.58. The predicted molar refractivity (Wildman–Crippen MR) is 292 cm³/mol. The number of ether oxygens (including phenoxy) is 2. The number of fused-ring (bicyclic) bond motifs is 8. The number of anilines is 2. The van der Waals surface area contributed by atoms with E-state index in [1.165, 1.54) is 65.3 Å². The number of hydrogen-bond acceptors (Lipinski definition) is 17. The number of Topliss-reactive ketones (excluding diaryl/α,β-unsaturated/α-hetero) is 1. The number of ketones is 1. The molecule has 5 aliphatic rings. The standard InChI is InChI=1S/C55H68F2N14O7S/c1-33(60-2)52(74)65-48(55(76)70-19-5-7-44(70)53-64-42(32-79-53)49(73)35-8-10-36(56)11-9-35)34-14-20-68(21-15-34)23-25-78-27-26-77-24-16-46(72)61-17-22-71-45-31-67(3)54(75)38-13-12-37(57)28-39(38)43-6-4-18-69(43)51-50(59)62-30-41(63-51)47(45)40(29-58)66-71/h8-13,28,30,33-34,42-44,48,60H,4-7,14-27,31-32H2,1-3H3,(H2,59,62)(H,61,72)(H,65,74)/t33-,42?,43-,44-,48-/m1/s1. The zero-order valence-electron chi connectivity index (χ0n) is 44.8. The summed E-state index contributed by atoms with van der Waals surface area (Å²) < 4.78 is 41.5. The van der Waals surface area contributed by atoms with E-state index >= 15 is 0 Å². The van der Waals surface area contributed by atoms with Crippen LogP contribution >= 0.6 is 11.8 Å². The highest BCUT2D eigenvalue weighted by Gasteiger charge is 2.43. The van der Waals surface area contributed by atoms with Crippen molar-refractivity contribution in [2.24, 2.45) is 10.9 Å². The molecule has 5 atom stereocenters. The van der Waals surface area contributed by atoms with Gasteiger partial charge in [0.1, 0.15) is 29.8 Å². The number of carbonyl (C=O) groups excluding carboxylic acids is 5. The summed E-state index contributed by atoms with van der Waals surface area (Å²) in [5.41, 5.74) is 8.99. The number of benzene rings is 2. The number of nitrogen functional groups attached to an aromatic ring is 1. The summed E-state index contributed by atoms with van der Waals surface area (Å²) in [7, 11) is 3.34. The van der Waals surface area contributed by atoms with Crippen LogP contribution in [0.2, 0.25) is 0 Å². The van der Waals surface area contributed by atoms with Crippen molar-refractivity contribution in [1.29, 1.82) is 5.26 Å². The first-order chi connectivity index (χ1) is 38.2. The van der Waals surface area contributed by atoms with E-state index in [4.69, 9.17) is 25.2 Å². The normalized spacial score (nSPS) is 20.3. The molecule has 2 aromatic heterocycles. The van der Waals surface area contributed by atoms with Crippen LogP contribution in [0.25, 0.3) is 11.3 Å². The van der Waals surface area contributed by atoms with Gasteiger partial charge in [0.05, 0.1) is 85.8 Å². The molecule has 7 heterocycles. The summed E-state index contributed by atoms with van der Waals surface area (Å²) in [5.74, 6) is -1.14. The van der Waals surface area contributed by atoms with Crippen LogP contribution in [0.4, 0.5) is 20.4 Å². The predicted octanol–water partition coefficient (Wildman–Crippen LogP) is 3.73. The highest BCUT2D eigenvalue weighted by Crippen LogP contribution is 2.41. The molecular formula is C55H68F2N14O7S. The van der Waals surface area contributed by atoms with E-state index in [1.54, 1.807) is 25.7 Å². The second-order valence-electron chi connectivity index (χ2n) is 20.6. The molecule has 1 unspecified atom stereocenters. The number of hydrogen-bond donors (Lipinski definition) is 4. The molecule has 3 fully saturated rings. The number of amides is 4. The number of rotatable bonds is 20. The van der Waals surface area contributed by atoms with Gasteiger partial charge >= 0.3 is 0 Å². The van der Waals surface area contributed by atoms with Gasteiger partial charge in [0.2, 0.25) is 17.7 Å². The van der Waals surface area contributed by atoms with Crippen LogP contribution in [0.5, 0.6) is 0 Å². The van der Waals surface area contributed by atoms with E-state index < -0.39 is 29.8 Å². The minimum absolute atomic E-state index is 0.0199. The third-order valence-electron chi connectivity index (χ3n) is 15.5. The number of nitrogens with two attached hydrogens (primary N) is 1. The first kappa shape index (κ1) is 56.8. The topological polar surface area (TPSA) is 259 Å². The van der Waals surface area contributed by atoms with Crippen molar-refractivity contribution in [2.45, 2.75) is 95.2 Å². The van der Waals surface area contributed by atoms with E-state index in [-0.39, 0.29) is 98.2 Å². The summed E-state index contributed by atoms with van der Waals surface area (Å²) in [6.45, 7) is 6.53. The molecule has 0 radical (unpaired) electrons. The monoisotopic (exact) mass is 1110 g/mol. The Hall–Kier alpha value is -6.91. The van der Waals surface area contributed by atoms with Gasteiger partial charge in [-0.1, -0.05) is 0 Å². The highest BCUT2D eigenvalue weighted by molar-refractivity contribution is 8.14. The molecule has 21 nitrogen and oxygen atoms in total. The molecule has 9 rings (SSSR count). The number of thioether (sulfide) groups is 1. The van der Waals surface area contributed by atoms with Crippen LogP contribution in [0, 0.1) is 28.9 Å². The molecule has 5 aliphatic heterocycles. The van der Waals surface area contributed by atoms with Crippen molar-refractivity contribution in [2.75, 3.05) is 96.2 Å². The fourth-order valence-electron chi connectivity index (χ4n) is 11.1. The summed E-state index contributed by atoms with van der Waals surface area (Å²) in [6.07, 6.45) is 5.85. The van der Waals surface area contributed by atoms with Crippen molar-refractivity contribution >= 4 is 57.9 Å². The van der Waals surface area contributed by atoms with Crippen LogP contribution in [-0.2, 0) is 36.9 Å². The second-order valence-corrected chi connectivity index (χ2v) is 21.6. The van der Waals surface area contributed by atoms with Gasteiger partial charge in [0.15, 0.2) is 23.1 Å². The molecule has 2 bridgehead atoms. The van der Waals surface area contributed by atoms with Crippen LogP contribution in [0.1, 0.15) is 95.6 Å². The van der Waals surface area contributed by atoms with Gasteiger partial charge < -0.3 is 50.8 Å². The second kappa shape index (κ2) is 25.9. The first-order valence-electron chi connectivity index (χ1n) is 27.1. The van der Waals surface area contributed by atoms with Crippen molar-refractivity contribution in [3.8, 4) is 17.3 Å². The molecule has 0 saturated carbocycles. The fourth-order valence-corrected chi connectivity index (χ4v) is 12.3. The van der Waals surface area contributed by atoms with E-state index in [1.807, 2.05) is 9.80 Å². The van der Waals surface area contributed by atoms with Crippen LogP contribution in [-0.4, -0.2) is 179 Å². The Morgan fingerprint density at radius 2 is 1.67 bits per heavy atom. The summed E-state index contributed by atoms with van der Waals surface area (Å²) in [6, 6.07) is 9.30. The maximum absolute atomic E-state index is 14.8. The number of likely N-dealkylation sites (tertiary alicyclic amines) is 2. The maximum atomic E-state index is 14.8. The number of piperidine rings is 1. The number of nitriles is 1. The van der Waals surface area contributed by atoms with E-state index in [0.717, 1.165) is 17.9 Å². The first-order valence-corrected chi connectivity index (χ1v) is 28.1. The number of nitrogens with zero attached hydrogens (tertiary/aromatic N) is 10. The molecule has 79 heavy (non-hydrogen) atoms. The number of carbonyl (C=O) groups is 5. The Kier molecular flexibility index (Phi) is 18.6. The van der Waals surface area contributed by atoms with E-state index in [2.05, 4.69) is 37.0 Å². The Balaban J connectivity index is 0.716. The SMILES string of the molecule is CN[C@H](C)C(=O)N[C@@H](C(=O)N1CCC[C@@H]1C1=NC(C(=O)c2ccc(F)cc2)CS1)C1CCN(CCOCCOCCC(=O)NCCn2nc(C#N)c3c2CN(C)C(=O)c2ccc(F)cc2[C@H]2CCCN2c2nc-3cnc2N)CC1. The average Bonchev–Trinajstić information content (AvgIpc) is 4.50. The van der Waals surface area contributed by atoms with Gasteiger partial charge in [-0.2, -0.15) is 10.4 Å². The lowest BCUT2D eigenvalue weighted by molar-refractivity contribution is -0.138. The Labute approximate surface area is 462 Å². The quantitative estimate of drug-likeness (QED) is 0.0726. The zero-order chi connectivity index (χ0) is 55.7. The highest BCUT2D eigenvalue weighted by atomic mass is 32.2. The molecule has 0 spiro atoms. The Bertz CT molecular complexity index is 2970. The molecule has 24 heteroatoms. The molecule has 4 aromatic rings. The average molecular weight is 1110 g/mol. The number of aromatic nitrogens is 4. The van der Waals surface area contributed by atoms with Crippen molar-refractivity contribution in [1.82, 2.24) is 50.4 Å². The summed E-state index contributed by atoms with van der Waals surface area (Å²) >= 11 is 1.48. The number of likely N-dealkylation sites (N-methyl/N-ethyl adjacent to an activating group) is 1. The Morgan fingerprint density at radius 3 is 2.43 bits per heavy atom. The van der Waals surface area contributed by atoms with Gasteiger partial charge in [0.25, 0.3) is 5.91 Å². The third-order valence-corrected chi connectivity index (χ3v) is 16.7. The van der Waals surface area contributed by atoms with Gasteiger partial charge in [-0.3, -0.25) is 33.6 Å². The number of nitrogens with one attached hydrogen (secondary N) is 3. The minimum Gasteiger partial charge on any atom is -0.381 e. The van der Waals surface area contributed by atoms with Crippen LogP contribution in [0.15, 0.2) is 53.7 Å². The van der Waals surface area contributed by atoms with Crippen molar-refractivity contribution < 1.29 is 42.2 Å². The number of halogens is 2. The number of aliphatic imine (C=N–C) groups is 1. The third kappa shape index (κ3) is 13.1. The largest absolute Gasteiger partial charge is 0.381 e. The van der Waals surface area contributed by atoms with Gasteiger partial charge in [-0.25, -0.2) is 18.7 Å². The van der Waals surface area contributed by atoms with E-state index in [0.29, 0.717) is 117 Å². The van der Waals surface area contributed by atoms with E-state index in [9.17, 15) is 38.0 Å². The molecule has 4 amide bonds. The lowest BCUT2D eigenvalue weighted by Gasteiger charge is -2.38. The fraction of sp³-hybridized carbons (Fsp3) is 0.527. The molecular weight excluding hydrogens is 1040 g/mol. The molecule has 2 aromatic carbocycles. The summed E-state index contributed by atoms with van der Waals surface area (Å²) in [5, 5.41) is 24.6. The Morgan fingerprint density at radius 1 is 0.937 bits per heavy atom. The summed E-state index contributed by atoms with van der Waals surface area (Å²) in [4.78, 5) is 89.7. The minimum atomic E-state index is -0.725. The molecule has 5 N–H and O–H groups in total. The van der Waals surface area contributed by atoms with Crippen LogP contribution < -0.4 is 26.6 Å². The van der Waals surface area contributed by atoms with Crippen molar-refractivity contribution in [3.05, 3.63) is 88.4 Å². The van der Waals surface area contributed by atoms with Gasteiger partial charge in [-0.15, -0.1) is 11.8 Å². The molecule has 3 saturated heterocycles. The van der Waals surface area contributed by atoms with Gasteiger partial charge in [0, 0.05) is 56.5 Å². The van der Waals surface area contributed by atoms with Crippen molar-refractivity contribution in [3.63, 3.8) is 0 Å². The molecule has 420 valence electrons. The zero-order valence-corrected chi connectivity index (χ0v) is 45.6. The lowest BCUT2D eigenvalue weighted by atomic mass is 9.88. The van der Waals surface area contributed by atoms with Gasteiger partial charge in [-0.05, 0) is 120 Å². The molecule has 0 aliphatic carbocycles. The maximum Gasteiger partial charge on any atom is 0.254 e. The van der Waals surface area contributed by atoms with Crippen LogP contribution in [0.3, 0.4) is 0 Å².